The van der Waals surface area contributed by atoms with Gasteiger partial charge in [0.05, 0.1) is 14.2 Å². The van der Waals surface area contributed by atoms with Gasteiger partial charge in [0.1, 0.15) is 0 Å². The van der Waals surface area contributed by atoms with Crippen molar-refractivity contribution in [3.8, 4) is 11.5 Å². The Morgan fingerprint density at radius 2 is 1.88 bits per heavy atom. The Bertz CT molecular complexity index is 359. The van der Waals surface area contributed by atoms with E-state index in [0.29, 0.717) is 0 Å². The van der Waals surface area contributed by atoms with Gasteiger partial charge in [0.15, 0.2) is 11.5 Å². The topological polar surface area (TPSA) is 21.7 Å². The number of nitrogens with zero attached hydrogens (tertiary/aromatic N) is 1. The second-order valence-corrected chi connectivity index (χ2v) is 4.29. The average Bonchev–Trinajstić information content (AvgIpc) is 2.39. The molecule has 2 rings (SSSR count). The van der Waals surface area contributed by atoms with Crippen LogP contribution in [0.3, 0.4) is 0 Å². The van der Waals surface area contributed by atoms with Crippen LogP contribution in [0.5, 0.6) is 11.5 Å². The fourth-order valence-corrected chi connectivity index (χ4v) is 2.28. The zero-order valence-electron chi connectivity index (χ0n) is 10.6. The standard InChI is InChI=1S/C14H20NO2/c1-16-13-8-6-7-12(14(13)17-2)11-15-9-4-3-5-10-15/h3,6-8H,4-5,9-11H2,1-2H3. The van der Waals surface area contributed by atoms with E-state index in [4.69, 9.17) is 9.47 Å². The molecule has 0 N–H and O–H groups in total. The Labute approximate surface area is 103 Å². The number of methoxy groups -OCH3 is 2. The summed E-state index contributed by atoms with van der Waals surface area (Å²) in [5, 5.41) is 0. The van der Waals surface area contributed by atoms with Gasteiger partial charge in [-0.15, -0.1) is 0 Å². The Morgan fingerprint density at radius 1 is 1.12 bits per heavy atom. The van der Waals surface area contributed by atoms with E-state index < -0.39 is 0 Å². The maximum Gasteiger partial charge on any atom is 0.165 e. The maximum absolute atomic E-state index is 5.45. The summed E-state index contributed by atoms with van der Waals surface area (Å²) in [5.41, 5.74) is 1.20. The molecule has 0 saturated carbocycles. The monoisotopic (exact) mass is 234 g/mol. The quantitative estimate of drug-likeness (QED) is 0.799. The number of hydrogen-bond acceptors (Lipinski definition) is 3. The molecular formula is C14H20NO2. The van der Waals surface area contributed by atoms with Crippen LogP contribution in [-0.2, 0) is 6.54 Å². The van der Waals surface area contributed by atoms with Gasteiger partial charge in [-0.3, -0.25) is 4.90 Å². The van der Waals surface area contributed by atoms with Crippen LogP contribution in [0.1, 0.15) is 18.4 Å². The normalized spacial score (nSPS) is 16.8. The van der Waals surface area contributed by atoms with Crippen LogP contribution in [-0.4, -0.2) is 32.2 Å². The van der Waals surface area contributed by atoms with E-state index in [1.165, 1.54) is 18.4 Å². The highest BCUT2D eigenvalue weighted by atomic mass is 16.5. The third kappa shape index (κ3) is 2.91. The minimum absolute atomic E-state index is 0.813. The predicted molar refractivity (Wildman–Crippen MR) is 68.4 cm³/mol. The molecule has 3 nitrogen and oxygen atoms in total. The largest absolute Gasteiger partial charge is 0.493 e. The molecule has 0 atom stereocenters. The molecule has 0 spiro atoms. The lowest BCUT2D eigenvalue weighted by Crippen LogP contribution is -2.29. The van der Waals surface area contributed by atoms with Crippen molar-refractivity contribution in [2.24, 2.45) is 0 Å². The number of piperidine rings is 1. The molecule has 0 bridgehead atoms. The molecule has 1 aliphatic heterocycles. The van der Waals surface area contributed by atoms with Crippen LogP contribution in [0.2, 0.25) is 0 Å². The maximum atomic E-state index is 5.45. The lowest BCUT2D eigenvalue weighted by atomic mass is 10.1. The molecule has 1 radical (unpaired) electrons. The van der Waals surface area contributed by atoms with Crippen molar-refractivity contribution in [1.82, 2.24) is 4.90 Å². The van der Waals surface area contributed by atoms with Crippen molar-refractivity contribution < 1.29 is 9.47 Å². The molecule has 17 heavy (non-hydrogen) atoms. The van der Waals surface area contributed by atoms with Crippen molar-refractivity contribution in [2.45, 2.75) is 19.4 Å². The summed E-state index contributed by atoms with van der Waals surface area (Å²) < 4.78 is 10.8. The zero-order chi connectivity index (χ0) is 12.1. The van der Waals surface area contributed by atoms with Crippen LogP contribution < -0.4 is 9.47 Å². The predicted octanol–water partition coefficient (Wildman–Crippen LogP) is 2.50. The van der Waals surface area contributed by atoms with E-state index in [9.17, 15) is 0 Å². The Kier molecular flexibility index (Phi) is 4.26. The molecule has 0 amide bonds. The summed E-state index contributed by atoms with van der Waals surface area (Å²) in [5.74, 6) is 1.68. The Balaban J connectivity index is 2.13. The minimum Gasteiger partial charge on any atom is -0.493 e. The van der Waals surface area contributed by atoms with Crippen LogP contribution in [0.4, 0.5) is 0 Å². The summed E-state index contributed by atoms with van der Waals surface area (Å²) in [7, 11) is 3.38. The zero-order valence-corrected chi connectivity index (χ0v) is 10.6. The van der Waals surface area contributed by atoms with E-state index in [0.717, 1.165) is 31.1 Å². The SMILES string of the molecule is COc1cccc(CN2CC[CH]CC2)c1OC. The summed E-state index contributed by atoms with van der Waals surface area (Å²) >= 11 is 0. The lowest BCUT2D eigenvalue weighted by molar-refractivity contribution is 0.241. The number of benzene rings is 1. The first-order chi connectivity index (χ1) is 8.35. The molecule has 1 heterocycles. The molecule has 1 aliphatic rings. The van der Waals surface area contributed by atoms with E-state index in [1.54, 1.807) is 14.2 Å². The summed E-state index contributed by atoms with van der Waals surface area (Å²) in [4.78, 5) is 2.46. The molecule has 1 aromatic rings. The highest BCUT2D eigenvalue weighted by molar-refractivity contribution is 5.46. The highest BCUT2D eigenvalue weighted by Crippen LogP contribution is 2.31. The second kappa shape index (κ2) is 5.92. The minimum atomic E-state index is 0.813. The van der Waals surface area contributed by atoms with Gasteiger partial charge in [0, 0.05) is 12.1 Å². The Hall–Kier alpha value is -1.22. The first-order valence-electron chi connectivity index (χ1n) is 6.09. The van der Waals surface area contributed by atoms with Gasteiger partial charge in [-0.2, -0.15) is 0 Å². The third-order valence-electron chi connectivity index (χ3n) is 3.18. The summed E-state index contributed by atoms with van der Waals surface area (Å²) in [6.45, 7) is 3.22. The number of hydrogen-bond donors (Lipinski definition) is 0. The first kappa shape index (κ1) is 12.2. The van der Waals surface area contributed by atoms with Gasteiger partial charge < -0.3 is 9.47 Å². The number of likely N-dealkylation sites (tertiary alicyclic amines) is 1. The smallest absolute Gasteiger partial charge is 0.165 e. The van der Waals surface area contributed by atoms with Crippen molar-refractivity contribution in [3.05, 3.63) is 30.2 Å². The fourth-order valence-electron chi connectivity index (χ4n) is 2.28. The second-order valence-electron chi connectivity index (χ2n) is 4.29. The van der Waals surface area contributed by atoms with Gasteiger partial charge in [-0.25, -0.2) is 0 Å². The van der Waals surface area contributed by atoms with Gasteiger partial charge in [0.25, 0.3) is 0 Å². The van der Waals surface area contributed by atoms with Crippen molar-refractivity contribution in [1.29, 1.82) is 0 Å². The van der Waals surface area contributed by atoms with E-state index in [-0.39, 0.29) is 0 Å². The lowest BCUT2D eigenvalue weighted by Gasteiger charge is -2.27. The Morgan fingerprint density at radius 3 is 2.53 bits per heavy atom. The number of rotatable bonds is 4. The van der Waals surface area contributed by atoms with Gasteiger partial charge in [-0.05, 0) is 38.4 Å². The van der Waals surface area contributed by atoms with Crippen LogP contribution in [0.15, 0.2) is 18.2 Å². The molecule has 0 unspecified atom stereocenters. The molecule has 1 fully saturated rings. The molecule has 1 saturated heterocycles. The van der Waals surface area contributed by atoms with Crippen molar-refractivity contribution in [3.63, 3.8) is 0 Å². The molecule has 1 aromatic carbocycles. The van der Waals surface area contributed by atoms with E-state index in [1.807, 2.05) is 12.1 Å². The summed E-state index contributed by atoms with van der Waals surface area (Å²) in [6, 6.07) is 6.07. The molecular weight excluding hydrogens is 214 g/mol. The van der Waals surface area contributed by atoms with Crippen LogP contribution in [0.25, 0.3) is 0 Å². The number of para-hydroxylation sites is 1. The van der Waals surface area contributed by atoms with Gasteiger partial charge in [-0.1, -0.05) is 12.1 Å². The summed E-state index contributed by atoms with van der Waals surface area (Å²) in [6.07, 6.45) is 4.73. The van der Waals surface area contributed by atoms with Gasteiger partial charge >= 0.3 is 0 Å². The molecule has 3 heteroatoms. The highest BCUT2D eigenvalue weighted by Gasteiger charge is 2.15. The van der Waals surface area contributed by atoms with Crippen molar-refractivity contribution >= 4 is 0 Å². The molecule has 93 valence electrons. The molecule has 0 aromatic heterocycles. The van der Waals surface area contributed by atoms with Crippen LogP contribution in [0, 0.1) is 6.42 Å². The van der Waals surface area contributed by atoms with Gasteiger partial charge in [0.2, 0.25) is 0 Å². The van der Waals surface area contributed by atoms with E-state index in [2.05, 4.69) is 17.4 Å². The molecule has 0 aliphatic carbocycles. The fraction of sp³-hybridized carbons (Fsp3) is 0.500. The number of ether oxygens (including phenoxy) is 2. The van der Waals surface area contributed by atoms with Crippen molar-refractivity contribution in [2.75, 3.05) is 27.3 Å². The van der Waals surface area contributed by atoms with Crippen LogP contribution >= 0.6 is 0 Å². The third-order valence-corrected chi connectivity index (χ3v) is 3.18. The first-order valence-corrected chi connectivity index (χ1v) is 6.09. The van der Waals surface area contributed by atoms with E-state index >= 15 is 0 Å². The average molecular weight is 234 g/mol.